The van der Waals surface area contributed by atoms with E-state index in [1.54, 1.807) is 12.4 Å². The highest BCUT2D eigenvalue weighted by molar-refractivity contribution is 5.89. The fraction of sp³-hybridized carbons (Fsp3) is 0.381. The van der Waals surface area contributed by atoms with Crippen molar-refractivity contribution in [2.45, 2.75) is 44.8 Å². The van der Waals surface area contributed by atoms with Gasteiger partial charge >= 0.3 is 6.03 Å². The zero-order chi connectivity index (χ0) is 19.8. The predicted octanol–water partition coefficient (Wildman–Crippen LogP) is 3.38. The van der Waals surface area contributed by atoms with Crippen LogP contribution in [0.15, 0.2) is 48.8 Å². The molecule has 1 heterocycles. The number of carbonyl (C=O) groups is 2. The summed E-state index contributed by atoms with van der Waals surface area (Å²) in [5, 5.41) is 8.61. The number of nitrogens with zero attached hydrogens (tertiary/aromatic N) is 1. The molecule has 0 spiro atoms. The number of urea groups is 1. The Bertz CT molecular complexity index is 807. The van der Waals surface area contributed by atoms with Gasteiger partial charge in [-0.3, -0.25) is 9.78 Å². The van der Waals surface area contributed by atoms with Gasteiger partial charge in [0.25, 0.3) is 0 Å². The highest BCUT2D eigenvalue weighted by Gasteiger charge is 2.24. The van der Waals surface area contributed by atoms with Crippen LogP contribution in [0.3, 0.4) is 0 Å². The summed E-state index contributed by atoms with van der Waals surface area (Å²) in [5.41, 5.74) is 8.56. The number of anilines is 1. The molecule has 30 heavy (non-hydrogen) atoms. The number of hydrogen-bond acceptors (Lipinski definition) is 4. The zero-order valence-electron chi connectivity index (χ0n) is 16.7. The van der Waals surface area contributed by atoms with Gasteiger partial charge in [-0.25, -0.2) is 4.79 Å². The van der Waals surface area contributed by atoms with Crippen LogP contribution in [0.25, 0.3) is 0 Å². The van der Waals surface area contributed by atoms with E-state index in [0.717, 1.165) is 36.8 Å². The van der Waals surface area contributed by atoms with E-state index in [1.807, 2.05) is 36.4 Å². The molecule has 1 aromatic heterocycles. The maximum absolute atomic E-state index is 12.3. The molecule has 2 unspecified atom stereocenters. The number of aromatic nitrogens is 1. The fourth-order valence-corrected chi connectivity index (χ4v) is 3.42. The van der Waals surface area contributed by atoms with E-state index in [1.165, 1.54) is 0 Å². The van der Waals surface area contributed by atoms with Crippen LogP contribution in [0.2, 0.25) is 0 Å². The van der Waals surface area contributed by atoms with Crippen molar-refractivity contribution in [3.63, 3.8) is 0 Å². The van der Waals surface area contributed by atoms with Crippen LogP contribution in [-0.4, -0.2) is 23.0 Å². The normalized spacial score (nSPS) is 17.6. The largest absolute Gasteiger partial charge is 0.352 e. The lowest BCUT2D eigenvalue weighted by Gasteiger charge is -2.25. The first-order valence-electron chi connectivity index (χ1n) is 9.66. The van der Waals surface area contributed by atoms with Crippen LogP contribution in [0.1, 0.15) is 36.8 Å². The van der Waals surface area contributed by atoms with Crippen LogP contribution in [0.4, 0.5) is 10.5 Å². The molecule has 0 radical (unpaired) electrons. The molecule has 164 valence electrons. The predicted molar refractivity (Wildman–Crippen MR) is 123 cm³/mol. The van der Waals surface area contributed by atoms with Gasteiger partial charge in [0.2, 0.25) is 5.91 Å². The topological polar surface area (TPSA) is 109 Å². The first-order chi connectivity index (χ1) is 13.6. The molecule has 2 aromatic rings. The molecule has 0 bridgehead atoms. The Hall–Kier alpha value is -2.35. The summed E-state index contributed by atoms with van der Waals surface area (Å²) in [6, 6.07) is 11.0. The molecule has 0 aliphatic heterocycles. The smallest absolute Gasteiger partial charge is 0.319 e. The molecule has 1 fully saturated rings. The number of benzene rings is 1. The molecule has 3 amide bonds. The van der Waals surface area contributed by atoms with Gasteiger partial charge in [-0.1, -0.05) is 18.6 Å². The van der Waals surface area contributed by atoms with Crippen LogP contribution in [0, 0.1) is 5.92 Å². The van der Waals surface area contributed by atoms with E-state index >= 15 is 0 Å². The fourth-order valence-electron chi connectivity index (χ4n) is 3.42. The van der Waals surface area contributed by atoms with Gasteiger partial charge in [0, 0.05) is 43.1 Å². The number of carbonyl (C=O) groups excluding carboxylic acids is 2. The lowest BCUT2D eigenvalue weighted by Crippen LogP contribution is -2.37. The summed E-state index contributed by atoms with van der Waals surface area (Å²) in [4.78, 5) is 28.4. The Morgan fingerprint density at radius 1 is 1.00 bits per heavy atom. The van der Waals surface area contributed by atoms with Gasteiger partial charge in [0.1, 0.15) is 0 Å². The van der Waals surface area contributed by atoms with Gasteiger partial charge in [0.05, 0.1) is 0 Å². The Kier molecular flexibility index (Phi) is 11.2. The quantitative estimate of drug-likeness (QED) is 0.537. The monoisotopic (exact) mass is 453 g/mol. The number of nitrogens with two attached hydrogens (primary N) is 1. The second-order valence-electron chi connectivity index (χ2n) is 7.20. The van der Waals surface area contributed by atoms with Crippen molar-refractivity contribution in [1.29, 1.82) is 0 Å². The number of pyridine rings is 1. The minimum absolute atomic E-state index is 0. The summed E-state index contributed by atoms with van der Waals surface area (Å²) in [6.45, 7) is 0.854. The number of hydrogen-bond donors (Lipinski definition) is 4. The van der Waals surface area contributed by atoms with Gasteiger partial charge in [-0.05, 0) is 54.7 Å². The number of amides is 3. The molecule has 5 N–H and O–H groups in total. The Morgan fingerprint density at radius 3 is 2.47 bits per heavy atom. The molecule has 2 atom stereocenters. The third-order valence-corrected chi connectivity index (χ3v) is 4.94. The Labute approximate surface area is 189 Å². The van der Waals surface area contributed by atoms with Gasteiger partial charge in [0.15, 0.2) is 0 Å². The highest BCUT2D eigenvalue weighted by Crippen LogP contribution is 2.23. The standard InChI is InChI=1S/C21H27N5O2.2ClH/c22-18-5-2-4-17(12-18)20(27)24-14-16-3-1-6-19(11-16)26-21(28)25-13-15-7-9-23-10-8-15;;/h1,3,6-11,17-18H,2,4-5,12-14,22H2,(H,24,27)(H2,25,26,28);2*1H. The van der Waals surface area contributed by atoms with E-state index in [-0.39, 0.29) is 48.7 Å². The van der Waals surface area contributed by atoms with E-state index in [0.29, 0.717) is 18.8 Å². The second kappa shape index (κ2) is 13.1. The number of halogens is 2. The number of nitrogens with one attached hydrogen (secondary N) is 3. The van der Waals surface area contributed by atoms with Crippen LogP contribution >= 0.6 is 24.8 Å². The van der Waals surface area contributed by atoms with Crippen LogP contribution in [-0.2, 0) is 17.9 Å². The first kappa shape index (κ1) is 25.7. The third kappa shape index (κ3) is 8.18. The summed E-state index contributed by atoms with van der Waals surface area (Å²) >= 11 is 0. The molecule has 1 saturated carbocycles. The van der Waals surface area contributed by atoms with Crippen molar-refractivity contribution < 1.29 is 9.59 Å². The molecule has 1 aliphatic rings. The van der Waals surface area contributed by atoms with Crippen LogP contribution < -0.4 is 21.7 Å². The van der Waals surface area contributed by atoms with Gasteiger partial charge in [-0.2, -0.15) is 0 Å². The van der Waals surface area contributed by atoms with E-state index in [9.17, 15) is 9.59 Å². The molecule has 1 aliphatic carbocycles. The lowest BCUT2D eigenvalue weighted by molar-refractivity contribution is -0.126. The summed E-state index contributed by atoms with van der Waals surface area (Å²) in [5.74, 6) is 0.0626. The molecule has 1 aromatic carbocycles. The van der Waals surface area contributed by atoms with E-state index in [2.05, 4.69) is 20.9 Å². The molecular weight excluding hydrogens is 425 g/mol. The molecular formula is C21H29Cl2N5O2. The van der Waals surface area contributed by atoms with Crippen molar-refractivity contribution in [2.75, 3.05) is 5.32 Å². The summed E-state index contributed by atoms with van der Waals surface area (Å²) < 4.78 is 0. The maximum Gasteiger partial charge on any atom is 0.319 e. The maximum atomic E-state index is 12.3. The van der Waals surface area contributed by atoms with Gasteiger partial charge in [-0.15, -0.1) is 24.8 Å². The Balaban J connectivity index is 0.00000225. The minimum atomic E-state index is -0.283. The second-order valence-corrected chi connectivity index (χ2v) is 7.20. The zero-order valence-corrected chi connectivity index (χ0v) is 18.3. The SMILES string of the molecule is Cl.Cl.NC1CCCC(C(=O)NCc2cccc(NC(=O)NCc3ccncc3)c2)C1. The minimum Gasteiger partial charge on any atom is -0.352 e. The van der Waals surface area contributed by atoms with Crippen molar-refractivity contribution in [3.05, 3.63) is 59.9 Å². The molecule has 7 nitrogen and oxygen atoms in total. The average molecular weight is 454 g/mol. The Morgan fingerprint density at radius 2 is 1.73 bits per heavy atom. The lowest BCUT2D eigenvalue weighted by atomic mass is 9.85. The van der Waals surface area contributed by atoms with Crippen molar-refractivity contribution in [3.8, 4) is 0 Å². The average Bonchev–Trinajstić information content (AvgIpc) is 2.71. The van der Waals surface area contributed by atoms with Gasteiger partial charge < -0.3 is 21.7 Å². The van der Waals surface area contributed by atoms with E-state index < -0.39 is 0 Å². The highest BCUT2D eigenvalue weighted by atomic mass is 35.5. The summed E-state index contributed by atoms with van der Waals surface area (Å²) in [6.07, 6.45) is 7.04. The first-order valence-corrected chi connectivity index (χ1v) is 9.66. The third-order valence-electron chi connectivity index (χ3n) is 4.94. The summed E-state index contributed by atoms with van der Waals surface area (Å²) in [7, 11) is 0. The van der Waals surface area contributed by atoms with Crippen molar-refractivity contribution in [1.82, 2.24) is 15.6 Å². The number of rotatable bonds is 6. The van der Waals surface area contributed by atoms with Crippen LogP contribution in [0.5, 0.6) is 0 Å². The van der Waals surface area contributed by atoms with E-state index in [4.69, 9.17) is 5.73 Å². The molecule has 0 saturated heterocycles. The molecule has 9 heteroatoms. The molecule has 3 rings (SSSR count). The van der Waals surface area contributed by atoms with Crippen molar-refractivity contribution >= 4 is 42.4 Å². The van der Waals surface area contributed by atoms with Crippen molar-refractivity contribution in [2.24, 2.45) is 11.7 Å².